The molecule has 0 saturated heterocycles. The Morgan fingerprint density at radius 1 is 1.35 bits per heavy atom. The normalized spacial score (nSPS) is 11.3. The van der Waals surface area contributed by atoms with Crippen molar-refractivity contribution in [3.63, 3.8) is 0 Å². The van der Waals surface area contributed by atoms with Crippen molar-refractivity contribution in [1.82, 2.24) is 4.98 Å². The highest BCUT2D eigenvalue weighted by molar-refractivity contribution is 7.93. The van der Waals surface area contributed by atoms with Crippen molar-refractivity contribution in [2.75, 3.05) is 4.72 Å². The molecule has 20 heavy (non-hydrogen) atoms. The number of benzene rings is 1. The van der Waals surface area contributed by atoms with E-state index in [4.69, 9.17) is 0 Å². The lowest BCUT2D eigenvalue weighted by molar-refractivity contribution is -0.385. The summed E-state index contributed by atoms with van der Waals surface area (Å²) in [4.78, 5) is 14.0. The summed E-state index contributed by atoms with van der Waals surface area (Å²) >= 11 is 1.15. The fourth-order valence-corrected chi connectivity index (χ4v) is 3.62. The summed E-state index contributed by atoms with van der Waals surface area (Å²) in [6.07, 6.45) is 0. The van der Waals surface area contributed by atoms with Crippen molar-refractivity contribution < 1.29 is 13.3 Å². The summed E-state index contributed by atoms with van der Waals surface area (Å²) in [5.41, 5.74) is 2.25. The van der Waals surface area contributed by atoms with Gasteiger partial charge in [-0.05, 0) is 19.9 Å². The van der Waals surface area contributed by atoms with Gasteiger partial charge >= 0.3 is 0 Å². The Bertz CT molecular complexity index is 768. The Hall–Kier alpha value is -2.00. The minimum absolute atomic E-state index is 0.150. The SMILES string of the molecule is Cc1ccc(S(=O)(=O)Nc2scnc2C)cc1[N+](=O)[O-]. The molecule has 0 spiro atoms. The standard InChI is InChI=1S/C11H11N3O4S2/c1-7-3-4-9(5-10(7)14(15)16)20(17,18)13-11-8(2)12-6-19-11/h3-6,13H,1-2H3. The zero-order valence-electron chi connectivity index (χ0n) is 10.7. The molecule has 1 aromatic heterocycles. The molecule has 106 valence electrons. The van der Waals surface area contributed by atoms with Crippen LogP contribution in [0.15, 0.2) is 28.6 Å². The number of thiazole rings is 1. The summed E-state index contributed by atoms with van der Waals surface area (Å²) in [5.74, 6) is 0. The Morgan fingerprint density at radius 3 is 2.60 bits per heavy atom. The van der Waals surface area contributed by atoms with Crippen LogP contribution in [0, 0.1) is 24.0 Å². The van der Waals surface area contributed by atoms with Crippen LogP contribution >= 0.6 is 11.3 Å². The van der Waals surface area contributed by atoms with Crippen LogP contribution in [0.25, 0.3) is 0 Å². The summed E-state index contributed by atoms with van der Waals surface area (Å²) in [6.45, 7) is 3.22. The van der Waals surface area contributed by atoms with Crippen LogP contribution in [0.5, 0.6) is 0 Å². The number of hydrogen-bond donors (Lipinski definition) is 1. The Kier molecular flexibility index (Phi) is 3.73. The number of anilines is 1. The van der Waals surface area contributed by atoms with E-state index in [0.29, 0.717) is 16.3 Å². The van der Waals surface area contributed by atoms with E-state index in [1.54, 1.807) is 13.8 Å². The second kappa shape index (κ2) is 5.17. The molecule has 1 aromatic carbocycles. The first-order chi connectivity index (χ1) is 9.31. The lowest BCUT2D eigenvalue weighted by Crippen LogP contribution is -2.13. The Labute approximate surface area is 119 Å². The van der Waals surface area contributed by atoms with Crippen molar-refractivity contribution in [3.05, 3.63) is 45.1 Å². The third-order valence-electron chi connectivity index (χ3n) is 2.66. The van der Waals surface area contributed by atoms with E-state index < -0.39 is 14.9 Å². The summed E-state index contributed by atoms with van der Waals surface area (Å²) in [6, 6.07) is 3.79. The molecule has 0 atom stereocenters. The minimum atomic E-state index is -3.86. The third-order valence-corrected chi connectivity index (χ3v) is 4.98. The highest BCUT2D eigenvalue weighted by Crippen LogP contribution is 2.26. The van der Waals surface area contributed by atoms with Gasteiger partial charge in [-0.3, -0.25) is 14.8 Å². The van der Waals surface area contributed by atoms with Crippen LogP contribution in [-0.4, -0.2) is 18.3 Å². The number of nitro groups is 1. The van der Waals surface area contributed by atoms with Crippen molar-refractivity contribution >= 4 is 32.0 Å². The average Bonchev–Trinajstić information content (AvgIpc) is 2.74. The highest BCUT2D eigenvalue weighted by Gasteiger charge is 2.21. The quantitative estimate of drug-likeness (QED) is 0.690. The minimum Gasteiger partial charge on any atom is -0.269 e. The molecule has 2 rings (SSSR count). The molecule has 0 aliphatic heterocycles. The van der Waals surface area contributed by atoms with Crippen LogP contribution in [0.3, 0.4) is 0 Å². The molecule has 7 nitrogen and oxygen atoms in total. The molecule has 0 saturated carbocycles. The van der Waals surface area contributed by atoms with Gasteiger partial charge in [-0.25, -0.2) is 13.4 Å². The van der Waals surface area contributed by atoms with Gasteiger partial charge in [0.2, 0.25) is 0 Å². The monoisotopic (exact) mass is 313 g/mol. The number of sulfonamides is 1. The highest BCUT2D eigenvalue weighted by atomic mass is 32.2. The van der Waals surface area contributed by atoms with Gasteiger partial charge < -0.3 is 0 Å². The first-order valence-corrected chi connectivity index (χ1v) is 7.85. The molecule has 1 N–H and O–H groups in total. The average molecular weight is 313 g/mol. The van der Waals surface area contributed by atoms with E-state index in [1.165, 1.54) is 17.6 Å². The van der Waals surface area contributed by atoms with Gasteiger partial charge in [-0.1, -0.05) is 6.07 Å². The maximum Gasteiger partial charge on any atom is 0.273 e. The van der Waals surface area contributed by atoms with Crippen molar-refractivity contribution in [3.8, 4) is 0 Å². The van der Waals surface area contributed by atoms with Crippen LogP contribution < -0.4 is 4.72 Å². The Balaban J connectivity index is 2.42. The first kappa shape index (κ1) is 14.4. The van der Waals surface area contributed by atoms with Gasteiger partial charge in [-0.2, -0.15) is 0 Å². The molecule has 0 amide bonds. The molecule has 0 aliphatic carbocycles. The molecule has 0 fully saturated rings. The van der Waals surface area contributed by atoms with Crippen molar-refractivity contribution in [2.24, 2.45) is 0 Å². The Morgan fingerprint density at radius 2 is 2.05 bits per heavy atom. The topological polar surface area (TPSA) is 102 Å². The summed E-state index contributed by atoms with van der Waals surface area (Å²) in [7, 11) is -3.86. The second-order valence-electron chi connectivity index (χ2n) is 4.08. The van der Waals surface area contributed by atoms with E-state index in [2.05, 4.69) is 9.71 Å². The van der Waals surface area contributed by atoms with E-state index in [9.17, 15) is 18.5 Å². The lowest BCUT2D eigenvalue weighted by atomic mass is 10.2. The zero-order chi connectivity index (χ0) is 14.9. The summed E-state index contributed by atoms with van der Waals surface area (Å²) < 4.78 is 26.7. The molecule has 0 aliphatic rings. The first-order valence-electron chi connectivity index (χ1n) is 5.49. The van der Waals surface area contributed by atoms with Crippen molar-refractivity contribution in [1.29, 1.82) is 0 Å². The molecular weight excluding hydrogens is 302 g/mol. The largest absolute Gasteiger partial charge is 0.273 e. The van der Waals surface area contributed by atoms with E-state index in [1.807, 2.05) is 0 Å². The van der Waals surface area contributed by atoms with Crippen LogP contribution in [0.1, 0.15) is 11.3 Å². The summed E-state index contributed by atoms with van der Waals surface area (Å²) in [5, 5.41) is 11.3. The smallest absolute Gasteiger partial charge is 0.269 e. The predicted octanol–water partition coefficient (Wildman–Crippen LogP) is 2.47. The number of hydrogen-bond acceptors (Lipinski definition) is 6. The molecule has 0 unspecified atom stereocenters. The number of aryl methyl sites for hydroxylation is 2. The molecular formula is C11H11N3O4S2. The molecule has 2 aromatic rings. The lowest BCUT2D eigenvalue weighted by Gasteiger charge is -2.07. The van der Waals surface area contributed by atoms with Crippen LogP contribution in [0.2, 0.25) is 0 Å². The fourth-order valence-electron chi connectivity index (χ4n) is 1.53. The number of aromatic nitrogens is 1. The van der Waals surface area contributed by atoms with Gasteiger partial charge in [0.05, 0.1) is 21.0 Å². The van der Waals surface area contributed by atoms with Crippen LogP contribution in [-0.2, 0) is 10.0 Å². The fraction of sp³-hybridized carbons (Fsp3) is 0.182. The van der Waals surface area contributed by atoms with Gasteiger partial charge in [0.25, 0.3) is 15.7 Å². The maximum atomic E-state index is 12.2. The van der Waals surface area contributed by atoms with Gasteiger partial charge in [-0.15, -0.1) is 11.3 Å². The van der Waals surface area contributed by atoms with Gasteiger partial charge in [0.15, 0.2) is 0 Å². The molecule has 0 radical (unpaired) electrons. The maximum absolute atomic E-state index is 12.2. The molecule has 0 bridgehead atoms. The van der Waals surface area contributed by atoms with E-state index >= 15 is 0 Å². The van der Waals surface area contributed by atoms with Gasteiger partial charge in [0.1, 0.15) is 5.00 Å². The van der Waals surface area contributed by atoms with E-state index in [0.717, 1.165) is 17.4 Å². The van der Waals surface area contributed by atoms with Crippen molar-refractivity contribution in [2.45, 2.75) is 18.7 Å². The zero-order valence-corrected chi connectivity index (χ0v) is 12.3. The predicted molar refractivity (Wildman–Crippen MR) is 75.5 cm³/mol. The van der Waals surface area contributed by atoms with Gasteiger partial charge in [0, 0.05) is 11.6 Å². The second-order valence-corrected chi connectivity index (χ2v) is 6.61. The van der Waals surface area contributed by atoms with E-state index in [-0.39, 0.29) is 10.6 Å². The third kappa shape index (κ3) is 2.78. The number of nitrogens with zero attached hydrogens (tertiary/aromatic N) is 2. The molecule has 9 heteroatoms. The number of nitro benzene ring substituents is 1. The molecule has 1 heterocycles. The number of rotatable bonds is 4. The van der Waals surface area contributed by atoms with Crippen LogP contribution in [0.4, 0.5) is 10.7 Å². The number of nitrogens with one attached hydrogen (secondary N) is 1.